The summed E-state index contributed by atoms with van der Waals surface area (Å²) in [6.07, 6.45) is -4.28. The first-order valence-corrected chi connectivity index (χ1v) is 8.67. The molecule has 3 aromatic rings. The summed E-state index contributed by atoms with van der Waals surface area (Å²) in [5.74, 6) is -5.31. The van der Waals surface area contributed by atoms with Gasteiger partial charge in [0.25, 0.3) is 0 Å². The molecule has 3 aromatic carbocycles. The molecule has 0 aromatic heterocycles. The van der Waals surface area contributed by atoms with Crippen molar-refractivity contribution in [1.82, 2.24) is 0 Å². The number of ether oxygens (including phenoxy) is 1. The van der Waals surface area contributed by atoms with Crippen molar-refractivity contribution in [2.24, 2.45) is 0 Å². The molecule has 0 aliphatic heterocycles. The lowest BCUT2D eigenvalue weighted by Crippen LogP contribution is -2.13. The highest BCUT2D eigenvalue weighted by atomic mass is 19.4. The van der Waals surface area contributed by atoms with E-state index in [2.05, 4.69) is 0 Å². The normalized spacial score (nSPS) is 11.4. The van der Waals surface area contributed by atoms with Crippen molar-refractivity contribution in [2.45, 2.75) is 19.5 Å². The first-order valence-electron chi connectivity index (χ1n) is 8.67. The standard InChI is InChI=1S/C22H15F5O2/c1-2-13-3-5-14(6-4-13)15-7-9-16(10-8-15)21(28)29-17-11-18(23)20(19(24)12-17)22(25,26)27/h3-12H,2H2,1H3. The summed E-state index contributed by atoms with van der Waals surface area (Å²) in [6, 6.07) is 14.8. The molecular formula is C22H15F5O2. The fourth-order valence-corrected chi connectivity index (χ4v) is 2.78. The molecule has 0 aliphatic carbocycles. The number of carbonyl (C=O) groups is 1. The van der Waals surface area contributed by atoms with Gasteiger partial charge in [-0.2, -0.15) is 13.2 Å². The zero-order valence-electron chi connectivity index (χ0n) is 15.2. The molecule has 29 heavy (non-hydrogen) atoms. The highest BCUT2D eigenvalue weighted by molar-refractivity contribution is 5.91. The van der Waals surface area contributed by atoms with Crippen molar-refractivity contribution in [3.63, 3.8) is 0 Å². The van der Waals surface area contributed by atoms with Crippen LogP contribution in [0.1, 0.15) is 28.4 Å². The Morgan fingerprint density at radius 2 is 1.34 bits per heavy atom. The van der Waals surface area contributed by atoms with Gasteiger partial charge in [0, 0.05) is 12.1 Å². The third-order valence-corrected chi connectivity index (χ3v) is 4.33. The summed E-state index contributed by atoms with van der Waals surface area (Å²) in [7, 11) is 0. The molecule has 0 bridgehead atoms. The maximum atomic E-state index is 13.6. The van der Waals surface area contributed by atoms with Crippen LogP contribution in [-0.4, -0.2) is 5.97 Å². The second-order valence-electron chi connectivity index (χ2n) is 6.28. The van der Waals surface area contributed by atoms with Gasteiger partial charge in [-0.05, 0) is 35.2 Å². The Balaban J connectivity index is 1.77. The molecule has 0 heterocycles. The van der Waals surface area contributed by atoms with Gasteiger partial charge in [-0.3, -0.25) is 0 Å². The summed E-state index contributed by atoms with van der Waals surface area (Å²) < 4.78 is 69.8. The van der Waals surface area contributed by atoms with E-state index in [1.807, 2.05) is 31.2 Å². The van der Waals surface area contributed by atoms with Crippen LogP contribution in [0.4, 0.5) is 22.0 Å². The van der Waals surface area contributed by atoms with Crippen LogP contribution in [0.2, 0.25) is 0 Å². The maximum absolute atomic E-state index is 13.6. The molecular weight excluding hydrogens is 391 g/mol. The lowest BCUT2D eigenvalue weighted by atomic mass is 10.0. The van der Waals surface area contributed by atoms with Gasteiger partial charge in [0.05, 0.1) is 5.56 Å². The molecule has 0 radical (unpaired) electrons. The minimum absolute atomic E-state index is 0.0830. The number of rotatable bonds is 4. The Kier molecular flexibility index (Phi) is 5.68. The van der Waals surface area contributed by atoms with Crippen LogP contribution in [0.5, 0.6) is 5.75 Å². The van der Waals surface area contributed by atoms with E-state index in [4.69, 9.17) is 4.74 Å². The third kappa shape index (κ3) is 4.62. The van der Waals surface area contributed by atoms with Crippen molar-refractivity contribution in [2.75, 3.05) is 0 Å². The molecule has 0 spiro atoms. The molecule has 150 valence electrons. The van der Waals surface area contributed by atoms with Crippen molar-refractivity contribution in [1.29, 1.82) is 0 Å². The Morgan fingerprint density at radius 3 is 1.79 bits per heavy atom. The van der Waals surface area contributed by atoms with Crippen LogP contribution in [0, 0.1) is 11.6 Å². The predicted molar refractivity (Wildman–Crippen MR) is 97.6 cm³/mol. The lowest BCUT2D eigenvalue weighted by molar-refractivity contribution is -0.142. The summed E-state index contributed by atoms with van der Waals surface area (Å²) >= 11 is 0. The van der Waals surface area contributed by atoms with E-state index < -0.39 is 35.1 Å². The molecule has 0 amide bonds. The zero-order valence-corrected chi connectivity index (χ0v) is 15.2. The van der Waals surface area contributed by atoms with E-state index in [1.54, 1.807) is 12.1 Å². The predicted octanol–water partition coefficient (Wildman–Crippen LogP) is 6.43. The van der Waals surface area contributed by atoms with Gasteiger partial charge >= 0.3 is 12.1 Å². The Morgan fingerprint density at radius 1 is 0.862 bits per heavy atom. The minimum Gasteiger partial charge on any atom is -0.423 e. The Hall–Kier alpha value is -3.22. The molecule has 0 saturated heterocycles. The molecule has 7 heteroatoms. The topological polar surface area (TPSA) is 26.3 Å². The van der Waals surface area contributed by atoms with Crippen LogP contribution in [-0.2, 0) is 12.6 Å². The molecule has 0 unspecified atom stereocenters. The van der Waals surface area contributed by atoms with E-state index in [1.165, 1.54) is 17.7 Å². The minimum atomic E-state index is -5.19. The summed E-state index contributed by atoms with van der Waals surface area (Å²) in [5, 5.41) is 0. The van der Waals surface area contributed by atoms with Crippen LogP contribution < -0.4 is 4.74 Å². The second-order valence-corrected chi connectivity index (χ2v) is 6.28. The molecule has 0 aliphatic rings. The number of esters is 1. The lowest BCUT2D eigenvalue weighted by Gasteiger charge is -2.11. The Bertz CT molecular complexity index is 1000. The highest BCUT2D eigenvalue weighted by Crippen LogP contribution is 2.35. The van der Waals surface area contributed by atoms with Gasteiger partial charge in [0.1, 0.15) is 22.9 Å². The third-order valence-electron chi connectivity index (χ3n) is 4.33. The van der Waals surface area contributed by atoms with E-state index >= 15 is 0 Å². The number of aryl methyl sites for hydroxylation is 1. The summed E-state index contributed by atoms with van der Waals surface area (Å²) in [6.45, 7) is 2.05. The van der Waals surface area contributed by atoms with Gasteiger partial charge in [-0.25, -0.2) is 13.6 Å². The zero-order chi connectivity index (χ0) is 21.2. The molecule has 0 N–H and O–H groups in total. The fraction of sp³-hybridized carbons (Fsp3) is 0.136. The average Bonchev–Trinajstić information content (AvgIpc) is 2.66. The molecule has 0 saturated carbocycles. The van der Waals surface area contributed by atoms with Crippen molar-refractivity contribution in [3.8, 4) is 16.9 Å². The number of hydrogen-bond acceptors (Lipinski definition) is 2. The van der Waals surface area contributed by atoms with Crippen LogP contribution in [0.3, 0.4) is 0 Å². The average molecular weight is 406 g/mol. The van der Waals surface area contributed by atoms with E-state index in [9.17, 15) is 26.7 Å². The fourth-order valence-electron chi connectivity index (χ4n) is 2.78. The number of benzene rings is 3. The largest absolute Gasteiger partial charge is 0.423 e. The summed E-state index contributed by atoms with van der Waals surface area (Å²) in [5.41, 5.74) is 1.02. The first-order chi connectivity index (χ1) is 13.7. The van der Waals surface area contributed by atoms with Crippen molar-refractivity contribution in [3.05, 3.63) is 89.0 Å². The van der Waals surface area contributed by atoms with Gasteiger partial charge in [0.2, 0.25) is 0 Å². The second kappa shape index (κ2) is 8.03. The number of carbonyl (C=O) groups excluding carboxylic acids is 1. The van der Waals surface area contributed by atoms with Gasteiger partial charge in [0.15, 0.2) is 0 Å². The van der Waals surface area contributed by atoms with Gasteiger partial charge in [-0.1, -0.05) is 43.3 Å². The van der Waals surface area contributed by atoms with Gasteiger partial charge in [-0.15, -0.1) is 0 Å². The summed E-state index contributed by atoms with van der Waals surface area (Å²) in [4.78, 5) is 12.2. The van der Waals surface area contributed by atoms with E-state index in [0.29, 0.717) is 12.1 Å². The van der Waals surface area contributed by atoms with Crippen molar-refractivity contribution >= 4 is 5.97 Å². The van der Waals surface area contributed by atoms with E-state index in [0.717, 1.165) is 17.5 Å². The smallest absolute Gasteiger partial charge is 0.422 e. The van der Waals surface area contributed by atoms with Crippen LogP contribution in [0.25, 0.3) is 11.1 Å². The first kappa shape index (κ1) is 20.5. The molecule has 2 nitrogen and oxygen atoms in total. The van der Waals surface area contributed by atoms with Crippen LogP contribution in [0.15, 0.2) is 60.7 Å². The van der Waals surface area contributed by atoms with Gasteiger partial charge < -0.3 is 4.74 Å². The molecule has 3 rings (SSSR count). The SMILES string of the molecule is CCc1ccc(-c2ccc(C(=O)Oc3cc(F)c(C(F)(F)F)c(F)c3)cc2)cc1. The highest BCUT2D eigenvalue weighted by Gasteiger charge is 2.38. The van der Waals surface area contributed by atoms with Crippen LogP contribution >= 0.6 is 0 Å². The van der Waals surface area contributed by atoms with Crippen molar-refractivity contribution < 1.29 is 31.5 Å². The molecule has 0 atom stereocenters. The van der Waals surface area contributed by atoms with E-state index in [-0.39, 0.29) is 5.56 Å². The number of alkyl halides is 3. The monoisotopic (exact) mass is 406 g/mol. The molecule has 0 fully saturated rings. The quantitative estimate of drug-likeness (QED) is 0.283. The Labute approximate surface area is 163 Å². The number of halogens is 5. The maximum Gasteiger partial charge on any atom is 0.422 e. The number of hydrogen-bond donors (Lipinski definition) is 0.